The molecule has 2 amide bonds. The molecule has 0 aliphatic carbocycles. The summed E-state index contributed by atoms with van der Waals surface area (Å²) < 4.78 is 13.0. The van der Waals surface area contributed by atoms with E-state index < -0.39 is 5.92 Å². The minimum Gasteiger partial charge on any atom is -0.355 e. The molecule has 1 aliphatic heterocycles. The number of benzene rings is 2. The van der Waals surface area contributed by atoms with E-state index in [-0.39, 0.29) is 17.6 Å². The molecule has 5 heteroatoms. The minimum absolute atomic E-state index is 0.223. The van der Waals surface area contributed by atoms with Gasteiger partial charge < -0.3 is 10.2 Å². The molecule has 1 aliphatic rings. The van der Waals surface area contributed by atoms with Gasteiger partial charge in [-0.1, -0.05) is 29.8 Å². The van der Waals surface area contributed by atoms with Crippen molar-refractivity contribution in [3.63, 3.8) is 0 Å². The number of hydrogen-bond acceptors (Lipinski definition) is 2. The number of carbonyl (C=O) groups excluding carboxylic acids is 2. The van der Waals surface area contributed by atoms with Gasteiger partial charge in [0.15, 0.2) is 0 Å². The largest absolute Gasteiger partial charge is 0.355 e. The first-order chi connectivity index (χ1) is 12.0. The zero-order valence-electron chi connectivity index (χ0n) is 14.2. The molecule has 1 heterocycles. The van der Waals surface area contributed by atoms with Crippen LogP contribution in [0.1, 0.15) is 17.5 Å². The van der Waals surface area contributed by atoms with E-state index in [4.69, 9.17) is 0 Å². The molecule has 1 unspecified atom stereocenters. The summed E-state index contributed by atoms with van der Waals surface area (Å²) in [6.45, 7) is 3.01. The van der Waals surface area contributed by atoms with Crippen molar-refractivity contribution in [2.45, 2.75) is 19.8 Å². The molecule has 2 aromatic carbocycles. The molecular weight excluding hydrogens is 319 g/mol. The van der Waals surface area contributed by atoms with Crippen LogP contribution in [0.2, 0.25) is 0 Å². The van der Waals surface area contributed by atoms with E-state index in [1.165, 1.54) is 17.7 Å². The molecule has 0 bridgehead atoms. The fourth-order valence-corrected chi connectivity index (χ4v) is 3.01. The number of aryl methyl sites for hydroxylation is 1. The van der Waals surface area contributed by atoms with Crippen LogP contribution in [0.25, 0.3) is 0 Å². The fourth-order valence-electron chi connectivity index (χ4n) is 3.01. The average Bonchev–Trinajstić information content (AvgIpc) is 2.99. The molecule has 0 radical (unpaired) electrons. The molecule has 1 N–H and O–H groups in total. The summed E-state index contributed by atoms with van der Waals surface area (Å²) in [5.74, 6) is -1.47. The average molecular weight is 340 g/mol. The highest BCUT2D eigenvalue weighted by Crippen LogP contribution is 2.25. The van der Waals surface area contributed by atoms with Crippen molar-refractivity contribution in [3.05, 3.63) is 65.5 Å². The van der Waals surface area contributed by atoms with Gasteiger partial charge in [0.2, 0.25) is 11.8 Å². The topological polar surface area (TPSA) is 49.4 Å². The van der Waals surface area contributed by atoms with Gasteiger partial charge in [-0.15, -0.1) is 0 Å². The molecule has 130 valence electrons. The van der Waals surface area contributed by atoms with E-state index in [2.05, 4.69) is 5.32 Å². The first-order valence-corrected chi connectivity index (χ1v) is 8.45. The van der Waals surface area contributed by atoms with Crippen LogP contribution in [0.5, 0.6) is 0 Å². The second-order valence-electron chi connectivity index (χ2n) is 6.33. The Bertz CT molecular complexity index is 756. The summed E-state index contributed by atoms with van der Waals surface area (Å²) in [4.78, 5) is 26.3. The van der Waals surface area contributed by atoms with Crippen LogP contribution in [-0.4, -0.2) is 24.9 Å². The number of amides is 2. The lowest BCUT2D eigenvalue weighted by atomic mass is 10.1. The number of rotatable bonds is 5. The monoisotopic (exact) mass is 340 g/mol. The SMILES string of the molecule is Cc1ccc(CCNC(=O)C2CCN(c3ccc(F)cc3)C2=O)cc1. The van der Waals surface area contributed by atoms with Crippen molar-refractivity contribution in [2.75, 3.05) is 18.0 Å². The zero-order chi connectivity index (χ0) is 17.8. The maximum absolute atomic E-state index is 13.0. The molecular formula is C20H21FN2O2. The van der Waals surface area contributed by atoms with E-state index in [0.717, 1.165) is 12.0 Å². The summed E-state index contributed by atoms with van der Waals surface area (Å²) >= 11 is 0. The van der Waals surface area contributed by atoms with Crippen LogP contribution in [0.4, 0.5) is 10.1 Å². The van der Waals surface area contributed by atoms with Crippen molar-refractivity contribution < 1.29 is 14.0 Å². The molecule has 0 aromatic heterocycles. The summed E-state index contributed by atoms with van der Waals surface area (Å²) in [5, 5.41) is 2.85. The van der Waals surface area contributed by atoms with Gasteiger partial charge in [0, 0.05) is 18.8 Å². The predicted octanol–water partition coefficient (Wildman–Crippen LogP) is 2.85. The van der Waals surface area contributed by atoms with Crippen LogP contribution in [0.3, 0.4) is 0 Å². The van der Waals surface area contributed by atoms with E-state index >= 15 is 0 Å². The molecule has 1 atom stereocenters. The van der Waals surface area contributed by atoms with E-state index in [9.17, 15) is 14.0 Å². The minimum atomic E-state index is -0.664. The number of hydrogen-bond donors (Lipinski definition) is 1. The van der Waals surface area contributed by atoms with Gasteiger partial charge in [0.05, 0.1) is 0 Å². The number of anilines is 1. The molecule has 1 fully saturated rings. The summed E-state index contributed by atoms with van der Waals surface area (Å²) in [5.41, 5.74) is 2.98. The van der Waals surface area contributed by atoms with Gasteiger partial charge >= 0.3 is 0 Å². The lowest BCUT2D eigenvalue weighted by Gasteiger charge is -2.16. The lowest BCUT2D eigenvalue weighted by Crippen LogP contribution is -2.37. The highest BCUT2D eigenvalue weighted by Gasteiger charge is 2.37. The third kappa shape index (κ3) is 4.05. The standard InChI is InChI=1S/C20H21FN2O2/c1-14-2-4-15(5-3-14)10-12-22-19(24)18-11-13-23(20(18)25)17-8-6-16(21)7-9-17/h2-9,18H,10-13H2,1H3,(H,22,24). The van der Waals surface area contributed by atoms with Gasteiger partial charge in [-0.25, -0.2) is 4.39 Å². The first kappa shape index (κ1) is 17.1. The quantitative estimate of drug-likeness (QED) is 0.851. The Hall–Kier alpha value is -2.69. The Morgan fingerprint density at radius 3 is 2.52 bits per heavy atom. The van der Waals surface area contributed by atoms with Crippen LogP contribution in [0.15, 0.2) is 48.5 Å². The van der Waals surface area contributed by atoms with Crippen LogP contribution < -0.4 is 10.2 Å². The molecule has 3 rings (SSSR count). The van der Waals surface area contributed by atoms with Crippen LogP contribution >= 0.6 is 0 Å². The first-order valence-electron chi connectivity index (χ1n) is 8.45. The summed E-state index contributed by atoms with van der Waals surface area (Å²) in [6.07, 6.45) is 1.21. The molecule has 25 heavy (non-hydrogen) atoms. The smallest absolute Gasteiger partial charge is 0.239 e. The predicted molar refractivity (Wildman–Crippen MR) is 94.8 cm³/mol. The Morgan fingerprint density at radius 1 is 1.16 bits per heavy atom. The molecule has 0 spiro atoms. The highest BCUT2D eigenvalue weighted by atomic mass is 19.1. The normalized spacial score (nSPS) is 17.0. The van der Waals surface area contributed by atoms with Gasteiger partial charge in [-0.2, -0.15) is 0 Å². The van der Waals surface area contributed by atoms with Crippen LogP contribution in [-0.2, 0) is 16.0 Å². The van der Waals surface area contributed by atoms with Crippen molar-refractivity contribution >= 4 is 17.5 Å². The fraction of sp³-hybridized carbons (Fsp3) is 0.300. The Morgan fingerprint density at radius 2 is 1.84 bits per heavy atom. The number of nitrogens with one attached hydrogen (secondary N) is 1. The lowest BCUT2D eigenvalue weighted by molar-refractivity contribution is -0.132. The second-order valence-corrected chi connectivity index (χ2v) is 6.33. The summed E-state index contributed by atoms with van der Waals surface area (Å²) in [6, 6.07) is 13.9. The van der Waals surface area contributed by atoms with Crippen molar-refractivity contribution in [1.82, 2.24) is 5.32 Å². The second kappa shape index (κ2) is 7.47. The molecule has 2 aromatic rings. The zero-order valence-corrected chi connectivity index (χ0v) is 14.2. The highest BCUT2D eigenvalue weighted by molar-refractivity contribution is 6.09. The number of carbonyl (C=O) groups is 2. The van der Waals surface area contributed by atoms with E-state index in [1.54, 1.807) is 17.0 Å². The van der Waals surface area contributed by atoms with Crippen molar-refractivity contribution in [2.24, 2.45) is 5.92 Å². The van der Waals surface area contributed by atoms with Gasteiger partial charge in [0.1, 0.15) is 11.7 Å². The molecule has 4 nitrogen and oxygen atoms in total. The number of halogens is 1. The summed E-state index contributed by atoms with van der Waals surface area (Å²) in [7, 11) is 0. The van der Waals surface area contributed by atoms with Crippen molar-refractivity contribution in [1.29, 1.82) is 0 Å². The van der Waals surface area contributed by atoms with Crippen LogP contribution in [0, 0.1) is 18.7 Å². The van der Waals surface area contributed by atoms with E-state index in [1.807, 2.05) is 31.2 Å². The Balaban J connectivity index is 1.53. The molecule has 0 saturated carbocycles. The Labute approximate surface area is 146 Å². The maximum Gasteiger partial charge on any atom is 0.239 e. The maximum atomic E-state index is 13.0. The molecule has 1 saturated heterocycles. The van der Waals surface area contributed by atoms with Gasteiger partial charge in [-0.3, -0.25) is 9.59 Å². The third-order valence-electron chi connectivity index (χ3n) is 4.49. The van der Waals surface area contributed by atoms with Crippen molar-refractivity contribution in [3.8, 4) is 0 Å². The Kier molecular flexibility index (Phi) is 5.12. The van der Waals surface area contributed by atoms with E-state index in [0.29, 0.717) is 25.2 Å². The third-order valence-corrected chi connectivity index (χ3v) is 4.49. The van der Waals surface area contributed by atoms with Gasteiger partial charge in [0.25, 0.3) is 0 Å². The van der Waals surface area contributed by atoms with Gasteiger partial charge in [-0.05, 0) is 49.6 Å². The number of nitrogens with zero attached hydrogens (tertiary/aromatic N) is 1.